The summed E-state index contributed by atoms with van der Waals surface area (Å²) >= 11 is 0. The average Bonchev–Trinajstić information content (AvgIpc) is 2.57. The summed E-state index contributed by atoms with van der Waals surface area (Å²) in [6, 6.07) is 4.89. The summed E-state index contributed by atoms with van der Waals surface area (Å²) in [5.41, 5.74) is 1.29. The van der Waals surface area contributed by atoms with Crippen molar-refractivity contribution in [1.82, 2.24) is 0 Å². The molecule has 0 radical (unpaired) electrons. The van der Waals surface area contributed by atoms with Crippen LogP contribution in [0.25, 0.3) is 11.0 Å². The minimum atomic E-state index is -0.352. The van der Waals surface area contributed by atoms with Crippen LogP contribution in [0, 0.1) is 5.82 Å². The molecule has 1 aliphatic carbocycles. The Balaban J connectivity index is 2.32. The van der Waals surface area contributed by atoms with Gasteiger partial charge in [-0.05, 0) is 12.5 Å². The maximum absolute atomic E-state index is 13.4. The highest BCUT2D eigenvalue weighted by molar-refractivity contribution is 5.89. The Labute approximate surface area is 85.7 Å². The van der Waals surface area contributed by atoms with E-state index in [1.54, 1.807) is 6.07 Å². The molecule has 15 heavy (non-hydrogen) atoms. The predicted molar refractivity (Wildman–Crippen MR) is 53.2 cm³/mol. The number of carbonyl (C=O) groups excluding carboxylic acids is 1. The van der Waals surface area contributed by atoms with Crippen LogP contribution in [-0.2, 0) is 17.6 Å². The van der Waals surface area contributed by atoms with E-state index in [-0.39, 0.29) is 17.2 Å². The highest BCUT2D eigenvalue weighted by atomic mass is 19.1. The largest absolute Gasteiger partial charge is 0.457 e. The monoisotopic (exact) mass is 204 g/mol. The number of furan rings is 1. The molecule has 0 unspecified atom stereocenters. The summed E-state index contributed by atoms with van der Waals surface area (Å²) in [4.78, 5) is 11.2. The van der Waals surface area contributed by atoms with Crippen LogP contribution >= 0.6 is 0 Å². The van der Waals surface area contributed by atoms with Crippen LogP contribution in [0.1, 0.15) is 17.7 Å². The van der Waals surface area contributed by atoms with Crippen LogP contribution in [0.15, 0.2) is 22.6 Å². The molecule has 76 valence electrons. The summed E-state index contributed by atoms with van der Waals surface area (Å²) < 4.78 is 18.8. The molecule has 1 aliphatic rings. The number of aryl methyl sites for hydroxylation is 1. The number of fused-ring (bicyclic) bond motifs is 3. The molecule has 3 heteroatoms. The lowest BCUT2D eigenvalue weighted by Crippen LogP contribution is -2.11. The number of hydrogen-bond acceptors (Lipinski definition) is 2. The summed E-state index contributed by atoms with van der Waals surface area (Å²) in [5.74, 6) is 0.461. The van der Waals surface area contributed by atoms with Gasteiger partial charge < -0.3 is 4.42 Å². The Hall–Kier alpha value is -1.64. The van der Waals surface area contributed by atoms with E-state index in [1.807, 2.05) is 6.07 Å². The zero-order chi connectivity index (χ0) is 10.4. The number of carbonyl (C=O) groups is 1. The van der Waals surface area contributed by atoms with Gasteiger partial charge in [0.15, 0.2) is 11.4 Å². The van der Waals surface area contributed by atoms with E-state index in [9.17, 15) is 9.18 Å². The highest BCUT2D eigenvalue weighted by Crippen LogP contribution is 2.31. The number of hydrogen-bond donors (Lipinski definition) is 0. The second-order valence-electron chi connectivity index (χ2n) is 3.84. The van der Waals surface area contributed by atoms with Crippen LogP contribution in [0.4, 0.5) is 4.39 Å². The summed E-state index contributed by atoms with van der Waals surface area (Å²) in [5, 5.41) is 0.817. The van der Waals surface area contributed by atoms with Crippen LogP contribution < -0.4 is 0 Å². The van der Waals surface area contributed by atoms with E-state index in [4.69, 9.17) is 4.42 Å². The standard InChI is InChI=1S/C12H9FO2/c13-10-3-1-2-9-8-5-4-7(14)6-11(8)15-12(9)10/h1-3H,4-6H2. The maximum atomic E-state index is 13.4. The molecular weight excluding hydrogens is 195 g/mol. The molecule has 0 saturated heterocycles. The third kappa shape index (κ3) is 1.19. The van der Waals surface area contributed by atoms with Gasteiger partial charge in [0.05, 0.1) is 6.42 Å². The number of rotatable bonds is 0. The van der Waals surface area contributed by atoms with Crippen molar-refractivity contribution in [1.29, 1.82) is 0 Å². The van der Waals surface area contributed by atoms with Gasteiger partial charge in [-0.15, -0.1) is 0 Å². The molecule has 0 amide bonds. The summed E-state index contributed by atoms with van der Waals surface area (Å²) in [7, 11) is 0. The fourth-order valence-electron chi connectivity index (χ4n) is 2.13. The molecule has 1 aromatic carbocycles. The van der Waals surface area contributed by atoms with E-state index in [1.165, 1.54) is 6.07 Å². The second-order valence-corrected chi connectivity index (χ2v) is 3.84. The van der Waals surface area contributed by atoms with E-state index in [0.29, 0.717) is 25.0 Å². The molecule has 0 spiro atoms. The Kier molecular flexibility index (Phi) is 1.69. The maximum Gasteiger partial charge on any atom is 0.170 e. The van der Waals surface area contributed by atoms with Gasteiger partial charge >= 0.3 is 0 Å². The molecule has 0 saturated carbocycles. The Morgan fingerprint density at radius 2 is 2.13 bits per heavy atom. The van der Waals surface area contributed by atoms with Crippen molar-refractivity contribution in [3.05, 3.63) is 35.3 Å². The van der Waals surface area contributed by atoms with E-state index in [2.05, 4.69) is 0 Å². The molecule has 0 atom stereocenters. The van der Waals surface area contributed by atoms with Gasteiger partial charge in [-0.25, -0.2) is 4.39 Å². The molecule has 3 rings (SSSR count). The molecule has 2 nitrogen and oxygen atoms in total. The topological polar surface area (TPSA) is 30.2 Å². The third-order valence-corrected chi connectivity index (χ3v) is 2.87. The predicted octanol–water partition coefficient (Wildman–Crippen LogP) is 2.63. The van der Waals surface area contributed by atoms with Gasteiger partial charge in [0, 0.05) is 17.4 Å². The van der Waals surface area contributed by atoms with Gasteiger partial charge in [0.1, 0.15) is 11.5 Å². The highest BCUT2D eigenvalue weighted by Gasteiger charge is 2.23. The quantitative estimate of drug-likeness (QED) is 0.660. The molecule has 0 bridgehead atoms. The molecule has 1 heterocycles. The van der Waals surface area contributed by atoms with Gasteiger partial charge in [-0.3, -0.25) is 4.79 Å². The fourth-order valence-corrected chi connectivity index (χ4v) is 2.13. The molecule has 0 fully saturated rings. The van der Waals surface area contributed by atoms with Crippen molar-refractivity contribution in [2.24, 2.45) is 0 Å². The van der Waals surface area contributed by atoms with Crippen LogP contribution in [0.3, 0.4) is 0 Å². The van der Waals surface area contributed by atoms with E-state index < -0.39 is 0 Å². The van der Waals surface area contributed by atoms with Crippen molar-refractivity contribution < 1.29 is 13.6 Å². The van der Waals surface area contributed by atoms with Gasteiger partial charge in [0.2, 0.25) is 0 Å². The number of benzene rings is 1. The van der Waals surface area contributed by atoms with E-state index >= 15 is 0 Å². The first kappa shape index (κ1) is 8.65. The second kappa shape index (κ2) is 2.92. The van der Waals surface area contributed by atoms with Crippen molar-refractivity contribution in [3.8, 4) is 0 Å². The first-order valence-corrected chi connectivity index (χ1v) is 4.96. The zero-order valence-corrected chi connectivity index (χ0v) is 8.05. The normalized spacial score (nSPS) is 15.7. The van der Waals surface area contributed by atoms with Crippen LogP contribution in [-0.4, -0.2) is 5.78 Å². The number of ketones is 1. The Morgan fingerprint density at radius 1 is 1.27 bits per heavy atom. The lowest BCUT2D eigenvalue weighted by Gasteiger charge is -2.07. The van der Waals surface area contributed by atoms with E-state index in [0.717, 1.165) is 10.9 Å². The lowest BCUT2D eigenvalue weighted by molar-refractivity contribution is -0.119. The molecule has 2 aromatic rings. The summed E-state index contributed by atoms with van der Waals surface area (Å²) in [6.45, 7) is 0. The molecule has 0 aliphatic heterocycles. The van der Waals surface area contributed by atoms with Crippen LogP contribution in [0.5, 0.6) is 0 Å². The number of para-hydroxylation sites is 1. The SMILES string of the molecule is O=C1CCc2c(oc3c(F)cccc23)C1. The fraction of sp³-hybridized carbons (Fsp3) is 0.250. The van der Waals surface area contributed by atoms with Gasteiger partial charge in [0.25, 0.3) is 0 Å². The smallest absolute Gasteiger partial charge is 0.170 e. The minimum Gasteiger partial charge on any atom is -0.457 e. The van der Waals surface area contributed by atoms with Gasteiger partial charge in [-0.2, -0.15) is 0 Å². The minimum absolute atomic E-state index is 0.168. The third-order valence-electron chi connectivity index (χ3n) is 2.87. The van der Waals surface area contributed by atoms with Crippen molar-refractivity contribution >= 4 is 16.8 Å². The number of halogens is 1. The Morgan fingerprint density at radius 3 is 3.00 bits per heavy atom. The molecule has 1 aromatic heterocycles. The van der Waals surface area contributed by atoms with Crippen molar-refractivity contribution in [2.75, 3.05) is 0 Å². The molecular formula is C12H9FO2. The summed E-state index contributed by atoms with van der Waals surface area (Å²) in [6.07, 6.45) is 1.52. The molecule has 0 N–H and O–H groups in total. The van der Waals surface area contributed by atoms with Gasteiger partial charge in [-0.1, -0.05) is 12.1 Å². The average molecular weight is 204 g/mol. The van der Waals surface area contributed by atoms with Crippen LogP contribution in [0.2, 0.25) is 0 Å². The number of Topliss-reactive ketones (excluding diaryl/α,β-unsaturated/α-hetero) is 1. The Bertz CT molecular complexity index is 554. The lowest BCUT2D eigenvalue weighted by atomic mass is 9.95. The van der Waals surface area contributed by atoms with Crippen molar-refractivity contribution in [3.63, 3.8) is 0 Å². The van der Waals surface area contributed by atoms with Crippen molar-refractivity contribution in [2.45, 2.75) is 19.3 Å². The first-order chi connectivity index (χ1) is 7.25. The first-order valence-electron chi connectivity index (χ1n) is 4.96. The zero-order valence-electron chi connectivity index (χ0n) is 8.05.